The average Bonchev–Trinajstić information content (AvgIpc) is 3.03. The molecule has 160 valence electrons. The summed E-state index contributed by atoms with van der Waals surface area (Å²) in [4.78, 5) is 40.7. The number of hydrogen-bond donors (Lipinski definition) is 3. The van der Waals surface area contributed by atoms with E-state index >= 15 is 0 Å². The first-order valence-electron chi connectivity index (χ1n) is 10.0. The number of aliphatic hydroxyl groups is 1. The number of ketones is 1. The Morgan fingerprint density at radius 3 is 2.38 bits per heavy atom. The molecule has 2 amide bonds. The Kier molecular flexibility index (Phi) is 4.76. The van der Waals surface area contributed by atoms with E-state index in [9.17, 15) is 19.5 Å². The fourth-order valence-electron chi connectivity index (χ4n) is 4.32. The van der Waals surface area contributed by atoms with E-state index < -0.39 is 34.5 Å². The molecule has 1 fully saturated rings. The van der Waals surface area contributed by atoms with Crippen molar-refractivity contribution in [2.75, 3.05) is 16.0 Å². The lowest BCUT2D eigenvalue weighted by molar-refractivity contribution is -0.125. The van der Waals surface area contributed by atoms with Gasteiger partial charge in [0.05, 0.1) is 11.4 Å². The maximum Gasteiger partial charge on any atom is 0.262 e. The number of nitrogens with two attached hydrogens (primary N) is 1. The van der Waals surface area contributed by atoms with E-state index in [-0.39, 0.29) is 0 Å². The minimum atomic E-state index is -1.76. The monoisotopic (exact) mass is 445 g/mol. The third-order valence-corrected chi connectivity index (χ3v) is 7.31. The van der Waals surface area contributed by atoms with Gasteiger partial charge in [-0.3, -0.25) is 19.3 Å². The third kappa shape index (κ3) is 2.84. The number of anilines is 3. The Balaban J connectivity index is 1.75. The normalized spacial score (nSPS) is 24.0. The molecule has 3 aromatic rings. The molecule has 0 radical (unpaired) electrons. The summed E-state index contributed by atoms with van der Waals surface area (Å²) < 4.78 is 0. The number of nitrogen functional groups attached to an aromatic ring is 1. The first-order chi connectivity index (χ1) is 15.4. The van der Waals surface area contributed by atoms with Gasteiger partial charge in [0.15, 0.2) is 10.7 Å². The molecule has 32 heavy (non-hydrogen) atoms. The number of benzene rings is 3. The molecule has 0 spiro atoms. The predicted molar refractivity (Wildman–Crippen MR) is 122 cm³/mol. The van der Waals surface area contributed by atoms with Gasteiger partial charge in [0.1, 0.15) is 12.0 Å². The molecule has 2 heterocycles. The van der Waals surface area contributed by atoms with Crippen LogP contribution in [-0.2, 0) is 9.59 Å². The van der Waals surface area contributed by atoms with Crippen molar-refractivity contribution in [1.82, 2.24) is 0 Å². The third-order valence-electron chi connectivity index (χ3n) is 5.79. The molecule has 8 heteroatoms. The van der Waals surface area contributed by atoms with Crippen molar-refractivity contribution in [3.63, 3.8) is 0 Å². The zero-order valence-corrected chi connectivity index (χ0v) is 17.6. The molecule has 5 rings (SSSR count). The second-order valence-corrected chi connectivity index (χ2v) is 8.90. The first-order valence-corrected chi connectivity index (χ1v) is 10.8. The SMILES string of the molecule is Nc1ccccc1SC12C(=O)Nc3ccccc3N1C(=O)C(O)C2C(=O)c1ccccc1. The van der Waals surface area contributed by atoms with Gasteiger partial charge in [0.25, 0.3) is 11.8 Å². The van der Waals surface area contributed by atoms with Gasteiger partial charge >= 0.3 is 0 Å². The molecule has 3 unspecified atom stereocenters. The van der Waals surface area contributed by atoms with E-state index in [2.05, 4.69) is 5.32 Å². The van der Waals surface area contributed by atoms with E-state index in [1.807, 2.05) is 0 Å². The molecule has 4 N–H and O–H groups in total. The standard InChI is InChI=1S/C24H19N3O4S/c25-15-10-4-7-13-18(15)32-24-19(20(28)14-8-2-1-3-9-14)21(29)22(30)27(24)17-12-6-5-11-16(17)26-23(24)31/h1-13,19,21,29H,25H2,(H,26,31). The second kappa shape index (κ2) is 7.51. The van der Waals surface area contributed by atoms with Crippen LogP contribution in [0.4, 0.5) is 17.1 Å². The van der Waals surface area contributed by atoms with Crippen LogP contribution >= 0.6 is 11.8 Å². The van der Waals surface area contributed by atoms with Crippen LogP contribution in [0.1, 0.15) is 10.4 Å². The van der Waals surface area contributed by atoms with Gasteiger partial charge in [0, 0.05) is 16.1 Å². The number of nitrogens with zero attached hydrogens (tertiary/aromatic N) is 1. The average molecular weight is 446 g/mol. The highest BCUT2D eigenvalue weighted by molar-refractivity contribution is 8.01. The number of nitrogens with one attached hydrogen (secondary N) is 1. The number of rotatable bonds is 4. The number of hydrogen-bond acceptors (Lipinski definition) is 6. The highest BCUT2D eigenvalue weighted by atomic mass is 32.2. The Morgan fingerprint density at radius 2 is 1.62 bits per heavy atom. The quantitative estimate of drug-likeness (QED) is 0.420. The maximum atomic E-state index is 13.7. The fourth-order valence-corrected chi connectivity index (χ4v) is 5.77. The molecule has 2 aliphatic heterocycles. The van der Waals surface area contributed by atoms with Crippen LogP contribution in [-0.4, -0.2) is 33.7 Å². The number of fused-ring (bicyclic) bond motifs is 3. The van der Waals surface area contributed by atoms with Gasteiger partial charge in [-0.25, -0.2) is 0 Å². The molecular weight excluding hydrogens is 426 g/mol. The summed E-state index contributed by atoms with van der Waals surface area (Å²) in [5.74, 6) is -3.12. The zero-order valence-electron chi connectivity index (χ0n) is 16.8. The summed E-state index contributed by atoms with van der Waals surface area (Å²) in [6.07, 6.45) is -1.70. The highest BCUT2D eigenvalue weighted by Gasteiger charge is 2.68. The zero-order chi connectivity index (χ0) is 22.5. The number of thioether (sulfide) groups is 1. The van der Waals surface area contributed by atoms with E-state index in [0.717, 1.165) is 11.8 Å². The summed E-state index contributed by atoms with van der Waals surface area (Å²) in [7, 11) is 0. The number of para-hydroxylation sites is 3. The Hall–Kier alpha value is -3.62. The van der Waals surface area contributed by atoms with Crippen LogP contribution in [0.2, 0.25) is 0 Å². The molecule has 0 aromatic heterocycles. The van der Waals surface area contributed by atoms with Crippen molar-refractivity contribution >= 4 is 46.4 Å². The lowest BCUT2D eigenvalue weighted by Gasteiger charge is -2.43. The molecule has 0 saturated carbocycles. The summed E-state index contributed by atoms with van der Waals surface area (Å²) >= 11 is 1.01. The van der Waals surface area contributed by atoms with Gasteiger partial charge in [-0.15, -0.1) is 0 Å². The van der Waals surface area contributed by atoms with E-state index in [1.165, 1.54) is 4.90 Å². The molecule has 0 aliphatic carbocycles. The van der Waals surface area contributed by atoms with Crippen molar-refractivity contribution in [1.29, 1.82) is 0 Å². The van der Waals surface area contributed by atoms with Gasteiger partial charge in [-0.2, -0.15) is 0 Å². The summed E-state index contributed by atoms with van der Waals surface area (Å²) in [5, 5.41) is 13.9. The van der Waals surface area contributed by atoms with Crippen molar-refractivity contribution in [2.24, 2.45) is 5.92 Å². The molecule has 7 nitrogen and oxygen atoms in total. The molecular formula is C24H19N3O4S. The topological polar surface area (TPSA) is 113 Å². The number of carbonyl (C=O) groups is 3. The molecule has 0 bridgehead atoms. The maximum absolute atomic E-state index is 13.7. The first kappa shape index (κ1) is 20.3. The van der Waals surface area contributed by atoms with Crippen molar-refractivity contribution < 1.29 is 19.5 Å². The molecule has 1 saturated heterocycles. The second-order valence-electron chi connectivity index (χ2n) is 7.63. The minimum Gasteiger partial charge on any atom is -0.398 e. The number of amides is 2. The Bertz CT molecular complexity index is 1250. The van der Waals surface area contributed by atoms with Gasteiger partial charge in [0.2, 0.25) is 0 Å². The van der Waals surface area contributed by atoms with E-state index in [4.69, 9.17) is 5.73 Å². The summed E-state index contributed by atoms with van der Waals surface area (Å²) in [6.45, 7) is 0. The number of aliphatic hydroxyl groups excluding tert-OH is 1. The molecule has 2 aliphatic rings. The van der Waals surface area contributed by atoms with Crippen molar-refractivity contribution in [2.45, 2.75) is 15.9 Å². The smallest absolute Gasteiger partial charge is 0.262 e. The van der Waals surface area contributed by atoms with Crippen LogP contribution in [0.15, 0.2) is 83.8 Å². The van der Waals surface area contributed by atoms with E-state index in [1.54, 1.807) is 78.9 Å². The summed E-state index contributed by atoms with van der Waals surface area (Å²) in [5.41, 5.74) is 7.71. The lowest BCUT2D eigenvalue weighted by Crippen LogP contribution is -2.59. The highest BCUT2D eigenvalue weighted by Crippen LogP contribution is 2.55. The van der Waals surface area contributed by atoms with Crippen LogP contribution in [0.3, 0.4) is 0 Å². The van der Waals surface area contributed by atoms with Gasteiger partial charge in [-0.05, 0) is 24.3 Å². The van der Waals surface area contributed by atoms with E-state index in [0.29, 0.717) is 27.5 Å². The van der Waals surface area contributed by atoms with Crippen molar-refractivity contribution in [3.05, 3.63) is 84.4 Å². The van der Waals surface area contributed by atoms with Gasteiger partial charge in [-0.1, -0.05) is 66.4 Å². The number of Topliss-reactive ketones (excluding diaryl/α,β-unsaturated/α-hetero) is 1. The fraction of sp³-hybridized carbons (Fsp3) is 0.125. The number of carbonyl (C=O) groups excluding carboxylic acids is 3. The molecule has 3 atom stereocenters. The van der Waals surface area contributed by atoms with Crippen LogP contribution in [0.25, 0.3) is 0 Å². The Morgan fingerprint density at radius 1 is 0.969 bits per heavy atom. The van der Waals surface area contributed by atoms with Gasteiger partial charge < -0.3 is 16.2 Å². The van der Waals surface area contributed by atoms with Crippen molar-refractivity contribution in [3.8, 4) is 0 Å². The predicted octanol–water partition coefficient (Wildman–Crippen LogP) is 2.92. The van der Waals surface area contributed by atoms with Crippen LogP contribution in [0.5, 0.6) is 0 Å². The lowest BCUT2D eigenvalue weighted by atomic mass is 9.87. The summed E-state index contributed by atoms with van der Waals surface area (Å²) in [6, 6.07) is 22.1. The molecule has 3 aromatic carbocycles. The van der Waals surface area contributed by atoms with Crippen LogP contribution in [0, 0.1) is 5.92 Å². The Labute approximate surface area is 188 Å². The van der Waals surface area contributed by atoms with Crippen LogP contribution < -0.4 is 16.0 Å². The largest absolute Gasteiger partial charge is 0.398 e. The minimum absolute atomic E-state index is 0.305.